The molecule has 0 aliphatic rings. The van der Waals surface area contributed by atoms with Gasteiger partial charge in [0.25, 0.3) is 0 Å². The highest BCUT2D eigenvalue weighted by molar-refractivity contribution is 6.69. The molecular formula is C7H4Cl2FN. The topological polar surface area (TPSA) is 23.9 Å². The highest BCUT2D eigenvalue weighted by atomic mass is 35.5. The van der Waals surface area contributed by atoms with Crippen LogP contribution in [0.2, 0.25) is 5.02 Å². The molecule has 58 valence electrons. The number of hydrogen-bond donors (Lipinski definition) is 1. The fourth-order valence-corrected chi connectivity index (χ4v) is 1.14. The molecule has 0 bridgehead atoms. The predicted molar refractivity (Wildman–Crippen MR) is 44.1 cm³/mol. The Hall–Kier alpha value is -0.600. The Kier molecular flexibility index (Phi) is 2.47. The molecular weight excluding hydrogens is 188 g/mol. The fraction of sp³-hybridized carbons (Fsp3) is 0. The summed E-state index contributed by atoms with van der Waals surface area (Å²) in [4.78, 5) is 0. The molecule has 1 aromatic carbocycles. The Morgan fingerprint density at radius 1 is 1.45 bits per heavy atom. The quantitative estimate of drug-likeness (QED) is 0.661. The van der Waals surface area contributed by atoms with Crippen molar-refractivity contribution in [3.05, 3.63) is 34.6 Å². The molecule has 1 N–H and O–H groups in total. The molecule has 1 rings (SSSR count). The Bertz CT molecular complexity index is 298. The van der Waals surface area contributed by atoms with Crippen molar-refractivity contribution < 1.29 is 4.39 Å². The third kappa shape index (κ3) is 1.91. The van der Waals surface area contributed by atoms with E-state index in [9.17, 15) is 4.39 Å². The molecule has 0 saturated heterocycles. The van der Waals surface area contributed by atoms with Crippen molar-refractivity contribution in [3.8, 4) is 0 Å². The number of hydrogen-bond acceptors (Lipinski definition) is 1. The Balaban J connectivity index is 3.20. The van der Waals surface area contributed by atoms with Gasteiger partial charge in [-0.3, -0.25) is 5.41 Å². The summed E-state index contributed by atoms with van der Waals surface area (Å²) in [6.07, 6.45) is 0. The number of benzene rings is 1. The SMILES string of the molecule is N=C(Cl)c1ccc(F)cc1Cl. The van der Waals surface area contributed by atoms with Gasteiger partial charge in [0.2, 0.25) is 0 Å². The van der Waals surface area contributed by atoms with Gasteiger partial charge < -0.3 is 0 Å². The minimum atomic E-state index is -0.434. The summed E-state index contributed by atoms with van der Waals surface area (Å²) in [6.45, 7) is 0. The molecule has 0 amide bonds. The van der Waals surface area contributed by atoms with Crippen LogP contribution in [0.5, 0.6) is 0 Å². The molecule has 1 aromatic rings. The summed E-state index contributed by atoms with van der Waals surface area (Å²) < 4.78 is 12.4. The van der Waals surface area contributed by atoms with E-state index in [1.165, 1.54) is 12.1 Å². The Morgan fingerprint density at radius 3 is 2.55 bits per heavy atom. The van der Waals surface area contributed by atoms with E-state index in [0.717, 1.165) is 6.07 Å². The minimum Gasteiger partial charge on any atom is -0.289 e. The lowest BCUT2D eigenvalue weighted by Gasteiger charge is -1.98. The lowest BCUT2D eigenvalue weighted by atomic mass is 10.2. The lowest BCUT2D eigenvalue weighted by Crippen LogP contribution is -1.90. The van der Waals surface area contributed by atoms with E-state index in [1.54, 1.807) is 0 Å². The molecule has 1 nitrogen and oxygen atoms in total. The Morgan fingerprint density at radius 2 is 2.09 bits per heavy atom. The summed E-state index contributed by atoms with van der Waals surface area (Å²) >= 11 is 10.9. The molecule has 0 unspecified atom stereocenters. The van der Waals surface area contributed by atoms with Gasteiger partial charge in [-0.1, -0.05) is 23.2 Å². The fourth-order valence-electron chi connectivity index (χ4n) is 0.667. The van der Waals surface area contributed by atoms with Crippen LogP contribution in [0, 0.1) is 11.2 Å². The van der Waals surface area contributed by atoms with Crippen molar-refractivity contribution in [2.75, 3.05) is 0 Å². The number of nitrogens with one attached hydrogen (secondary N) is 1. The van der Waals surface area contributed by atoms with Gasteiger partial charge in [0.1, 0.15) is 11.0 Å². The van der Waals surface area contributed by atoms with Crippen LogP contribution in [0.4, 0.5) is 4.39 Å². The largest absolute Gasteiger partial charge is 0.289 e. The van der Waals surface area contributed by atoms with Gasteiger partial charge in [0, 0.05) is 5.56 Å². The molecule has 11 heavy (non-hydrogen) atoms. The maximum absolute atomic E-state index is 12.4. The van der Waals surface area contributed by atoms with Gasteiger partial charge in [-0.25, -0.2) is 4.39 Å². The van der Waals surface area contributed by atoms with E-state index < -0.39 is 5.82 Å². The normalized spacial score (nSPS) is 9.73. The zero-order valence-corrected chi connectivity index (χ0v) is 6.88. The monoisotopic (exact) mass is 191 g/mol. The third-order valence-corrected chi connectivity index (χ3v) is 1.68. The van der Waals surface area contributed by atoms with Gasteiger partial charge in [-0.2, -0.15) is 0 Å². The van der Waals surface area contributed by atoms with E-state index >= 15 is 0 Å². The standard InChI is InChI=1S/C7H4Cl2FN/c8-6-3-4(10)1-2-5(6)7(9)11/h1-3,11H. The maximum atomic E-state index is 12.4. The van der Waals surface area contributed by atoms with Gasteiger partial charge in [-0.05, 0) is 18.2 Å². The van der Waals surface area contributed by atoms with E-state index in [4.69, 9.17) is 28.6 Å². The van der Waals surface area contributed by atoms with E-state index in [1.807, 2.05) is 0 Å². The van der Waals surface area contributed by atoms with Crippen molar-refractivity contribution in [1.29, 1.82) is 5.41 Å². The second-order valence-electron chi connectivity index (χ2n) is 1.94. The summed E-state index contributed by atoms with van der Waals surface area (Å²) in [7, 11) is 0. The smallest absolute Gasteiger partial charge is 0.129 e. The molecule has 0 heterocycles. The van der Waals surface area contributed by atoms with E-state index in [0.29, 0.717) is 5.56 Å². The van der Waals surface area contributed by atoms with Crippen LogP contribution in [0.15, 0.2) is 18.2 Å². The Labute approximate surface area is 73.3 Å². The molecule has 0 radical (unpaired) electrons. The second-order valence-corrected chi connectivity index (χ2v) is 2.72. The van der Waals surface area contributed by atoms with Crippen LogP contribution in [0.25, 0.3) is 0 Å². The molecule has 0 spiro atoms. The maximum Gasteiger partial charge on any atom is 0.129 e. The van der Waals surface area contributed by atoms with Gasteiger partial charge in [-0.15, -0.1) is 0 Å². The number of halogens is 3. The van der Waals surface area contributed by atoms with Crippen LogP contribution in [0.1, 0.15) is 5.56 Å². The second kappa shape index (κ2) is 3.20. The average Bonchev–Trinajstić information content (AvgIpc) is 1.85. The molecule has 0 saturated carbocycles. The van der Waals surface area contributed by atoms with Crippen LogP contribution >= 0.6 is 23.2 Å². The van der Waals surface area contributed by atoms with Crippen molar-refractivity contribution in [2.24, 2.45) is 0 Å². The van der Waals surface area contributed by atoms with Crippen molar-refractivity contribution >= 4 is 28.4 Å². The van der Waals surface area contributed by atoms with Crippen molar-refractivity contribution in [1.82, 2.24) is 0 Å². The summed E-state index contributed by atoms with van der Waals surface area (Å²) in [5.41, 5.74) is 0.342. The minimum absolute atomic E-state index is 0.157. The molecule has 0 aromatic heterocycles. The predicted octanol–water partition coefficient (Wildman–Crippen LogP) is 3.04. The third-order valence-electron chi connectivity index (χ3n) is 1.17. The van der Waals surface area contributed by atoms with Gasteiger partial charge in [0.15, 0.2) is 0 Å². The molecule has 4 heteroatoms. The highest BCUT2D eigenvalue weighted by Gasteiger charge is 2.03. The van der Waals surface area contributed by atoms with Gasteiger partial charge >= 0.3 is 0 Å². The zero-order chi connectivity index (χ0) is 8.43. The molecule has 0 fully saturated rings. The van der Waals surface area contributed by atoms with Crippen LogP contribution in [-0.4, -0.2) is 5.17 Å². The molecule has 0 atom stereocenters. The van der Waals surface area contributed by atoms with Crippen molar-refractivity contribution in [3.63, 3.8) is 0 Å². The first-order valence-corrected chi connectivity index (χ1v) is 3.56. The first-order valence-electron chi connectivity index (χ1n) is 2.80. The molecule has 0 aliphatic heterocycles. The number of rotatable bonds is 1. The first kappa shape index (κ1) is 8.50. The van der Waals surface area contributed by atoms with Crippen LogP contribution < -0.4 is 0 Å². The molecule has 0 aliphatic carbocycles. The summed E-state index contributed by atoms with van der Waals surface area (Å²) in [5.74, 6) is -0.434. The van der Waals surface area contributed by atoms with Crippen LogP contribution in [0.3, 0.4) is 0 Å². The first-order chi connectivity index (χ1) is 5.11. The lowest BCUT2D eigenvalue weighted by molar-refractivity contribution is 0.628. The zero-order valence-electron chi connectivity index (χ0n) is 5.37. The van der Waals surface area contributed by atoms with E-state index in [2.05, 4.69) is 0 Å². The van der Waals surface area contributed by atoms with Crippen molar-refractivity contribution in [2.45, 2.75) is 0 Å². The van der Waals surface area contributed by atoms with E-state index in [-0.39, 0.29) is 10.2 Å². The average molecular weight is 192 g/mol. The summed E-state index contributed by atoms with van der Waals surface area (Å²) in [5, 5.41) is 6.98. The van der Waals surface area contributed by atoms with Crippen LogP contribution in [-0.2, 0) is 0 Å². The summed E-state index contributed by atoms with van der Waals surface area (Å²) in [6, 6.07) is 3.69. The highest BCUT2D eigenvalue weighted by Crippen LogP contribution is 2.18. The van der Waals surface area contributed by atoms with Gasteiger partial charge in [0.05, 0.1) is 5.02 Å².